The van der Waals surface area contributed by atoms with Crippen molar-refractivity contribution in [2.75, 3.05) is 25.5 Å². The minimum absolute atomic E-state index is 0.494. The van der Waals surface area contributed by atoms with Crippen LogP contribution in [-0.4, -0.2) is 46.3 Å². The van der Waals surface area contributed by atoms with Gasteiger partial charge in [-0.15, -0.1) is 21.5 Å². The van der Waals surface area contributed by atoms with Crippen LogP contribution in [0.3, 0.4) is 0 Å². The molecule has 0 bridgehead atoms. The summed E-state index contributed by atoms with van der Waals surface area (Å²) < 4.78 is 1.97. The lowest BCUT2D eigenvalue weighted by Gasteiger charge is -2.13. The molecular formula is C20H28N8S. The fourth-order valence-electron chi connectivity index (χ4n) is 2.67. The summed E-state index contributed by atoms with van der Waals surface area (Å²) in [6.07, 6.45) is 0.954. The molecule has 8 nitrogen and oxygen atoms in total. The highest BCUT2D eigenvalue weighted by molar-refractivity contribution is 7.09. The molecule has 0 fully saturated rings. The molecule has 0 saturated heterocycles. The number of thiophene rings is 1. The lowest BCUT2D eigenvalue weighted by atomic mass is 10.3. The quantitative estimate of drug-likeness (QED) is 0.436. The monoisotopic (exact) mass is 412 g/mol. The second kappa shape index (κ2) is 10.0. The number of aryl methyl sites for hydroxylation is 1. The lowest BCUT2D eigenvalue weighted by molar-refractivity contribution is 0.713. The van der Waals surface area contributed by atoms with E-state index in [2.05, 4.69) is 43.3 Å². The molecular weight excluding hydrogens is 384 g/mol. The Kier molecular flexibility index (Phi) is 7.18. The van der Waals surface area contributed by atoms with Gasteiger partial charge >= 0.3 is 0 Å². The number of pyridine rings is 1. The number of aromatic nitrogens is 4. The van der Waals surface area contributed by atoms with E-state index in [1.54, 1.807) is 11.3 Å². The second-order valence-corrected chi connectivity index (χ2v) is 7.91. The molecule has 9 heteroatoms. The third kappa shape index (κ3) is 6.02. The maximum absolute atomic E-state index is 4.72. The van der Waals surface area contributed by atoms with Crippen LogP contribution in [0.5, 0.6) is 0 Å². The molecule has 154 valence electrons. The van der Waals surface area contributed by atoms with E-state index in [0.29, 0.717) is 13.1 Å². The molecule has 0 spiro atoms. The standard InChI is InChI=1S/C20H28N8S/c1-15-25-26-19(28(15)4)14-23-20(21-11-10-17-8-6-12-29-17)22-13-16-7-5-9-18(24-16)27(2)3/h5-9,12H,10-11,13-14H2,1-4H3,(H2,21,22,23). The maximum Gasteiger partial charge on any atom is 0.192 e. The highest BCUT2D eigenvalue weighted by Gasteiger charge is 2.07. The largest absolute Gasteiger partial charge is 0.363 e. The molecule has 0 radical (unpaired) electrons. The third-order valence-electron chi connectivity index (χ3n) is 4.49. The Balaban J connectivity index is 1.65. The fraction of sp³-hybridized carbons (Fsp3) is 0.400. The first kappa shape index (κ1) is 20.8. The van der Waals surface area contributed by atoms with Crippen LogP contribution in [0.2, 0.25) is 0 Å². The van der Waals surface area contributed by atoms with Gasteiger partial charge in [-0.2, -0.15) is 0 Å². The van der Waals surface area contributed by atoms with E-state index < -0.39 is 0 Å². The number of guanidine groups is 1. The topological polar surface area (TPSA) is 83.3 Å². The highest BCUT2D eigenvalue weighted by atomic mass is 32.1. The first-order chi connectivity index (χ1) is 14.0. The van der Waals surface area contributed by atoms with Gasteiger partial charge in [0, 0.05) is 32.6 Å². The molecule has 3 aromatic rings. The van der Waals surface area contributed by atoms with Crippen molar-refractivity contribution in [3.8, 4) is 0 Å². The van der Waals surface area contributed by atoms with Gasteiger partial charge in [0.15, 0.2) is 11.8 Å². The first-order valence-electron chi connectivity index (χ1n) is 9.55. The number of hydrogen-bond donors (Lipinski definition) is 2. The van der Waals surface area contributed by atoms with Crippen molar-refractivity contribution in [3.05, 3.63) is 57.9 Å². The van der Waals surface area contributed by atoms with E-state index >= 15 is 0 Å². The molecule has 3 rings (SSSR count). The van der Waals surface area contributed by atoms with Crippen LogP contribution in [0.4, 0.5) is 5.82 Å². The summed E-state index contributed by atoms with van der Waals surface area (Å²) in [6.45, 7) is 3.78. The van der Waals surface area contributed by atoms with Crippen molar-refractivity contribution < 1.29 is 0 Å². The number of hydrogen-bond acceptors (Lipinski definition) is 6. The van der Waals surface area contributed by atoms with Gasteiger partial charge in [-0.1, -0.05) is 12.1 Å². The smallest absolute Gasteiger partial charge is 0.192 e. The Morgan fingerprint density at radius 3 is 2.72 bits per heavy atom. The average molecular weight is 413 g/mol. The maximum atomic E-state index is 4.72. The molecule has 0 saturated carbocycles. The van der Waals surface area contributed by atoms with E-state index in [4.69, 9.17) is 4.99 Å². The van der Waals surface area contributed by atoms with Crippen molar-refractivity contribution in [2.45, 2.75) is 26.4 Å². The number of nitrogens with one attached hydrogen (secondary N) is 2. The zero-order valence-electron chi connectivity index (χ0n) is 17.4. The predicted molar refractivity (Wildman–Crippen MR) is 118 cm³/mol. The lowest BCUT2D eigenvalue weighted by Crippen LogP contribution is -2.38. The van der Waals surface area contributed by atoms with Gasteiger partial charge in [0.25, 0.3) is 0 Å². The molecule has 0 amide bonds. The zero-order valence-corrected chi connectivity index (χ0v) is 18.2. The molecule has 0 aliphatic carbocycles. The van der Waals surface area contributed by atoms with Crippen molar-refractivity contribution in [3.63, 3.8) is 0 Å². The predicted octanol–water partition coefficient (Wildman–Crippen LogP) is 2.12. The van der Waals surface area contributed by atoms with Crippen molar-refractivity contribution in [2.24, 2.45) is 12.0 Å². The molecule has 0 aromatic carbocycles. The molecule has 2 N–H and O–H groups in total. The van der Waals surface area contributed by atoms with Crippen molar-refractivity contribution in [1.82, 2.24) is 30.4 Å². The van der Waals surface area contributed by atoms with Crippen LogP contribution in [0.25, 0.3) is 0 Å². The van der Waals surface area contributed by atoms with E-state index in [-0.39, 0.29) is 0 Å². The normalized spacial score (nSPS) is 11.5. The van der Waals surface area contributed by atoms with Gasteiger partial charge in [-0.05, 0) is 36.9 Å². The Bertz CT molecular complexity index is 930. The van der Waals surface area contributed by atoms with Crippen LogP contribution in [0.1, 0.15) is 22.2 Å². The summed E-state index contributed by atoms with van der Waals surface area (Å²) in [4.78, 5) is 12.7. The summed E-state index contributed by atoms with van der Waals surface area (Å²) in [5.41, 5.74) is 0.921. The molecule has 0 atom stereocenters. The summed E-state index contributed by atoms with van der Waals surface area (Å²) in [7, 11) is 5.93. The van der Waals surface area contributed by atoms with Gasteiger partial charge in [-0.25, -0.2) is 9.98 Å². The minimum Gasteiger partial charge on any atom is -0.363 e. The van der Waals surface area contributed by atoms with Gasteiger partial charge in [-0.3, -0.25) is 0 Å². The van der Waals surface area contributed by atoms with E-state index in [0.717, 1.165) is 42.1 Å². The van der Waals surface area contributed by atoms with Gasteiger partial charge in [0.05, 0.1) is 18.8 Å². The summed E-state index contributed by atoms with van der Waals surface area (Å²) in [5.74, 6) is 3.41. The van der Waals surface area contributed by atoms with Crippen LogP contribution in [0.15, 0.2) is 40.7 Å². The van der Waals surface area contributed by atoms with E-state index in [1.165, 1.54) is 4.88 Å². The van der Waals surface area contributed by atoms with Crippen LogP contribution < -0.4 is 15.5 Å². The van der Waals surface area contributed by atoms with Crippen molar-refractivity contribution in [1.29, 1.82) is 0 Å². The molecule has 0 unspecified atom stereocenters. The van der Waals surface area contributed by atoms with Crippen molar-refractivity contribution >= 4 is 23.1 Å². The third-order valence-corrected chi connectivity index (χ3v) is 5.43. The van der Waals surface area contributed by atoms with Crippen LogP contribution in [-0.2, 0) is 26.6 Å². The average Bonchev–Trinajstić information content (AvgIpc) is 3.34. The number of rotatable bonds is 8. The number of aliphatic imine (C=N–C) groups is 1. The summed E-state index contributed by atoms with van der Waals surface area (Å²) in [6, 6.07) is 10.2. The minimum atomic E-state index is 0.494. The fourth-order valence-corrected chi connectivity index (χ4v) is 3.37. The molecule has 0 aliphatic rings. The van der Waals surface area contributed by atoms with Gasteiger partial charge in [0.1, 0.15) is 11.6 Å². The first-order valence-corrected chi connectivity index (χ1v) is 10.4. The molecule has 3 aromatic heterocycles. The van der Waals surface area contributed by atoms with Gasteiger partial charge in [0.2, 0.25) is 0 Å². The van der Waals surface area contributed by atoms with Gasteiger partial charge < -0.3 is 20.1 Å². The summed E-state index contributed by atoms with van der Waals surface area (Å²) in [5, 5.41) is 17.2. The summed E-state index contributed by atoms with van der Waals surface area (Å²) >= 11 is 1.77. The van der Waals surface area contributed by atoms with E-state index in [9.17, 15) is 0 Å². The highest BCUT2D eigenvalue weighted by Crippen LogP contribution is 2.09. The molecule has 0 aliphatic heterocycles. The SMILES string of the molecule is Cc1nnc(CNC(=NCc2cccc(N(C)C)n2)NCCc2cccs2)n1C. The Hall–Kier alpha value is -2.94. The van der Waals surface area contributed by atoms with Crippen LogP contribution in [0, 0.1) is 6.92 Å². The van der Waals surface area contributed by atoms with Crippen LogP contribution >= 0.6 is 11.3 Å². The number of nitrogens with zero attached hydrogens (tertiary/aromatic N) is 6. The Morgan fingerprint density at radius 1 is 1.17 bits per heavy atom. The second-order valence-electron chi connectivity index (χ2n) is 6.88. The molecule has 29 heavy (non-hydrogen) atoms. The Labute approximate surface area is 175 Å². The number of anilines is 1. The zero-order chi connectivity index (χ0) is 20.6. The molecule has 3 heterocycles. The van der Waals surface area contributed by atoms with E-state index in [1.807, 2.05) is 55.7 Å². The Morgan fingerprint density at radius 2 is 2.03 bits per heavy atom.